The topological polar surface area (TPSA) is 114 Å². The number of ether oxygens (including phenoxy) is 4. The van der Waals surface area contributed by atoms with Crippen LogP contribution in [0, 0.1) is 17.3 Å². The van der Waals surface area contributed by atoms with Gasteiger partial charge in [0, 0.05) is 77.0 Å². The number of esters is 1. The second-order valence-electron chi connectivity index (χ2n) is 15.6. The fraction of sp³-hybridized carbons (Fsp3) is 0.806. The number of aliphatic hydroxyl groups is 1. The van der Waals surface area contributed by atoms with Crippen LogP contribution in [0.5, 0.6) is 0 Å². The first-order valence-electron chi connectivity index (χ1n) is 17.3. The molecule has 11 nitrogen and oxygen atoms in total. The lowest BCUT2D eigenvalue weighted by Gasteiger charge is -2.47. The van der Waals surface area contributed by atoms with Crippen LogP contribution in [0.2, 0.25) is 0 Å². The molecule has 1 aromatic heterocycles. The van der Waals surface area contributed by atoms with E-state index in [1.165, 1.54) is 5.56 Å². The Labute approximate surface area is 282 Å². The highest BCUT2D eigenvalue weighted by Crippen LogP contribution is 2.40. The van der Waals surface area contributed by atoms with Crippen molar-refractivity contribution >= 4 is 11.8 Å². The summed E-state index contributed by atoms with van der Waals surface area (Å²) >= 11 is 0. The Bertz CT molecular complexity index is 1190. The second kappa shape index (κ2) is 15.3. The van der Waals surface area contributed by atoms with Crippen molar-refractivity contribution in [2.24, 2.45) is 17.3 Å². The number of hydrogen-bond acceptors (Lipinski definition) is 11. The van der Waals surface area contributed by atoms with Gasteiger partial charge in [-0.15, -0.1) is 0 Å². The van der Waals surface area contributed by atoms with E-state index in [9.17, 15) is 14.7 Å². The van der Waals surface area contributed by atoms with E-state index in [-0.39, 0.29) is 23.8 Å². The van der Waals surface area contributed by atoms with E-state index < -0.39 is 47.0 Å². The molecule has 0 saturated carbocycles. The maximum absolute atomic E-state index is 14.5. The third-order valence-electron chi connectivity index (χ3n) is 10.8. The van der Waals surface area contributed by atoms with Gasteiger partial charge in [-0.25, -0.2) is 0 Å². The van der Waals surface area contributed by atoms with E-state index in [4.69, 9.17) is 18.9 Å². The van der Waals surface area contributed by atoms with Crippen LogP contribution in [-0.4, -0.2) is 133 Å². The number of ketones is 1. The molecule has 4 rings (SSSR count). The fourth-order valence-electron chi connectivity index (χ4n) is 8.04. The van der Waals surface area contributed by atoms with Crippen LogP contribution in [0.1, 0.15) is 72.8 Å². The first-order chi connectivity index (χ1) is 22.0. The highest BCUT2D eigenvalue weighted by atomic mass is 16.7. The molecule has 0 unspecified atom stereocenters. The standard InChI is InChI=1S/C36H60N4O7/c1-24-20-35(6,44-10)31(46-32-29(41)28(38(7)8)19-25(2)45-32)26(3)30(42)34(4,5)33(43)47-36(23-39(9)21-24)13-17-40(18-14-36)22-27-11-15-37-16-12-27/h11-12,15-16,24-26,28-29,31-32,41H,13-14,17-23H2,1-10H3/t24-,25-,26+,28+,29-,31-,32+,35-/m1/s1. The van der Waals surface area contributed by atoms with Crippen LogP contribution in [0.25, 0.3) is 0 Å². The smallest absolute Gasteiger partial charge is 0.319 e. The van der Waals surface area contributed by atoms with Crippen LogP contribution in [0.4, 0.5) is 0 Å². The molecule has 3 fully saturated rings. The molecule has 4 heterocycles. The Balaban J connectivity index is 1.63. The molecule has 3 aliphatic heterocycles. The van der Waals surface area contributed by atoms with Crippen molar-refractivity contribution in [3.63, 3.8) is 0 Å². The number of methoxy groups -OCH3 is 1. The Hall–Kier alpha value is -1.99. The zero-order valence-electron chi connectivity index (χ0n) is 30.4. The predicted octanol–water partition coefficient (Wildman–Crippen LogP) is 3.38. The molecule has 3 saturated heterocycles. The number of pyridine rings is 1. The number of rotatable bonds is 6. The lowest BCUT2D eigenvalue weighted by atomic mass is 9.74. The Kier molecular flexibility index (Phi) is 12.3. The number of aromatic nitrogens is 1. The number of hydrogen-bond donors (Lipinski definition) is 1. The molecular formula is C36H60N4O7. The van der Waals surface area contributed by atoms with Crippen molar-refractivity contribution in [2.45, 2.75) is 116 Å². The first-order valence-corrected chi connectivity index (χ1v) is 17.3. The van der Waals surface area contributed by atoms with Crippen molar-refractivity contribution in [1.29, 1.82) is 0 Å². The molecule has 8 atom stereocenters. The Morgan fingerprint density at radius 3 is 2.32 bits per heavy atom. The second-order valence-corrected chi connectivity index (χ2v) is 15.6. The number of piperidine rings is 1. The van der Waals surface area contributed by atoms with Gasteiger partial charge >= 0.3 is 5.97 Å². The average Bonchev–Trinajstić information content (AvgIpc) is 3.01. The van der Waals surface area contributed by atoms with Gasteiger partial charge in [-0.1, -0.05) is 13.8 Å². The average molecular weight is 661 g/mol. The van der Waals surface area contributed by atoms with Crippen molar-refractivity contribution in [1.82, 2.24) is 19.7 Å². The molecule has 0 aromatic carbocycles. The zero-order chi connectivity index (χ0) is 34.7. The van der Waals surface area contributed by atoms with Crippen LogP contribution >= 0.6 is 0 Å². The summed E-state index contributed by atoms with van der Waals surface area (Å²) in [5.74, 6) is -1.43. The van der Waals surface area contributed by atoms with Crippen molar-refractivity contribution in [3.8, 4) is 0 Å². The van der Waals surface area contributed by atoms with Crippen LogP contribution in [0.15, 0.2) is 24.5 Å². The third-order valence-corrected chi connectivity index (χ3v) is 10.8. The van der Waals surface area contributed by atoms with Crippen LogP contribution < -0.4 is 0 Å². The largest absolute Gasteiger partial charge is 0.457 e. The Morgan fingerprint density at radius 2 is 1.72 bits per heavy atom. The highest BCUT2D eigenvalue weighted by Gasteiger charge is 2.53. The van der Waals surface area contributed by atoms with E-state index in [0.717, 1.165) is 26.2 Å². The summed E-state index contributed by atoms with van der Waals surface area (Å²) in [7, 11) is 7.56. The molecule has 3 aliphatic rings. The van der Waals surface area contributed by atoms with Gasteiger partial charge in [-0.3, -0.25) is 19.5 Å². The number of Topliss-reactive ketones (excluding diaryl/α,β-unsaturated/α-hetero) is 1. The monoisotopic (exact) mass is 660 g/mol. The van der Waals surface area contributed by atoms with Crippen molar-refractivity contribution in [2.75, 3.05) is 54.4 Å². The maximum Gasteiger partial charge on any atom is 0.319 e. The molecule has 0 radical (unpaired) electrons. The number of likely N-dealkylation sites (N-methyl/N-ethyl adjacent to an activating group) is 2. The normalized spacial score (nSPS) is 36.4. The third kappa shape index (κ3) is 8.79. The molecule has 1 N–H and O–H groups in total. The molecular weight excluding hydrogens is 600 g/mol. The summed E-state index contributed by atoms with van der Waals surface area (Å²) in [5.41, 5.74) is -1.88. The van der Waals surface area contributed by atoms with Crippen LogP contribution in [0.3, 0.4) is 0 Å². The van der Waals surface area contributed by atoms with Crippen molar-refractivity contribution in [3.05, 3.63) is 30.1 Å². The molecule has 1 aromatic rings. The predicted molar refractivity (Wildman–Crippen MR) is 180 cm³/mol. The minimum Gasteiger partial charge on any atom is -0.457 e. The number of nitrogens with zero attached hydrogens (tertiary/aromatic N) is 4. The van der Waals surface area contributed by atoms with Gasteiger partial charge in [0.1, 0.15) is 17.1 Å². The summed E-state index contributed by atoms with van der Waals surface area (Å²) in [4.78, 5) is 39.3. The summed E-state index contributed by atoms with van der Waals surface area (Å²) in [6.45, 7) is 14.9. The minimum atomic E-state index is -1.44. The molecule has 1 spiro atoms. The summed E-state index contributed by atoms with van der Waals surface area (Å²) in [5, 5.41) is 11.4. The molecule has 0 bridgehead atoms. The van der Waals surface area contributed by atoms with E-state index in [0.29, 0.717) is 32.2 Å². The van der Waals surface area contributed by atoms with E-state index in [1.54, 1.807) is 27.9 Å². The van der Waals surface area contributed by atoms with Gasteiger partial charge in [0.05, 0.1) is 17.8 Å². The number of likely N-dealkylation sites (tertiary alicyclic amines) is 1. The number of carbonyl (C=O) groups excluding carboxylic acids is 2. The lowest BCUT2D eigenvalue weighted by molar-refractivity contribution is -0.295. The first kappa shape index (κ1) is 37.8. The zero-order valence-corrected chi connectivity index (χ0v) is 30.4. The fourth-order valence-corrected chi connectivity index (χ4v) is 8.04. The quantitative estimate of drug-likeness (QED) is 0.358. The van der Waals surface area contributed by atoms with Crippen LogP contribution in [-0.2, 0) is 35.1 Å². The van der Waals surface area contributed by atoms with Crippen molar-refractivity contribution < 1.29 is 33.6 Å². The van der Waals surface area contributed by atoms with Gasteiger partial charge < -0.3 is 33.9 Å². The van der Waals surface area contributed by atoms with E-state index in [1.807, 2.05) is 57.4 Å². The van der Waals surface area contributed by atoms with Gasteiger partial charge in [0.25, 0.3) is 0 Å². The lowest BCUT2D eigenvalue weighted by Crippen LogP contribution is -2.59. The summed E-state index contributed by atoms with van der Waals surface area (Å²) in [6.07, 6.45) is 3.35. The number of aliphatic hydroxyl groups excluding tert-OH is 1. The molecule has 47 heavy (non-hydrogen) atoms. The summed E-state index contributed by atoms with van der Waals surface area (Å²) in [6, 6.07) is 3.88. The molecule has 266 valence electrons. The maximum atomic E-state index is 14.5. The highest BCUT2D eigenvalue weighted by molar-refractivity contribution is 6.04. The van der Waals surface area contributed by atoms with Gasteiger partial charge in [-0.2, -0.15) is 0 Å². The molecule has 0 amide bonds. The van der Waals surface area contributed by atoms with E-state index in [2.05, 4.69) is 28.8 Å². The van der Waals surface area contributed by atoms with Gasteiger partial charge in [0.2, 0.25) is 0 Å². The Morgan fingerprint density at radius 1 is 1.09 bits per heavy atom. The van der Waals surface area contributed by atoms with Gasteiger partial charge in [-0.05, 0) is 85.3 Å². The summed E-state index contributed by atoms with van der Waals surface area (Å²) < 4.78 is 25.5. The number of carbonyl (C=O) groups is 2. The van der Waals surface area contributed by atoms with E-state index >= 15 is 0 Å². The SMILES string of the molecule is CO[C@]1(C)C[C@@H](C)CN(C)CC2(CCN(Cc3ccncc3)CC2)OC(=O)C(C)(C)C(=O)[C@H](C)[C@H]1O[C@@H]1O[C@H](C)C[C@H](N(C)C)[C@H]1O. The molecule has 11 heteroatoms. The molecule has 0 aliphatic carbocycles. The minimum absolute atomic E-state index is 0.150. The van der Waals surface area contributed by atoms with Gasteiger partial charge in [0.15, 0.2) is 12.1 Å².